The standard InChI is InChI=1S/C10H21N3O2/c1-12(2)4-3-5-13-7-9(6-11)8-15-10(13)14/h9H,3-8,11H2,1-2H3. The van der Waals surface area contributed by atoms with Crippen molar-refractivity contribution in [3.8, 4) is 0 Å². The zero-order valence-electron chi connectivity index (χ0n) is 9.61. The Morgan fingerprint density at radius 2 is 2.33 bits per heavy atom. The Balaban J connectivity index is 2.28. The number of amides is 1. The van der Waals surface area contributed by atoms with Crippen LogP contribution >= 0.6 is 0 Å². The minimum Gasteiger partial charge on any atom is -0.449 e. The van der Waals surface area contributed by atoms with Gasteiger partial charge in [-0.05, 0) is 27.1 Å². The van der Waals surface area contributed by atoms with Gasteiger partial charge in [-0.25, -0.2) is 4.79 Å². The molecule has 0 aromatic rings. The SMILES string of the molecule is CN(C)CCCN1CC(CN)COC1=O. The number of hydrogen-bond donors (Lipinski definition) is 1. The first-order valence-corrected chi connectivity index (χ1v) is 5.40. The highest BCUT2D eigenvalue weighted by molar-refractivity contribution is 5.68. The fourth-order valence-corrected chi connectivity index (χ4v) is 1.62. The predicted molar refractivity (Wildman–Crippen MR) is 58.6 cm³/mol. The van der Waals surface area contributed by atoms with Gasteiger partial charge < -0.3 is 20.3 Å². The maximum Gasteiger partial charge on any atom is 0.409 e. The van der Waals surface area contributed by atoms with E-state index < -0.39 is 0 Å². The van der Waals surface area contributed by atoms with E-state index in [-0.39, 0.29) is 6.09 Å². The molecule has 0 saturated carbocycles. The molecule has 0 aliphatic carbocycles. The van der Waals surface area contributed by atoms with Crippen LogP contribution in [0.5, 0.6) is 0 Å². The van der Waals surface area contributed by atoms with Gasteiger partial charge in [-0.1, -0.05) is 0 Å². The lowest BCUT2D eigenvalue weighted by atomic mass is 10.1. The lowest BCUT2D eigenvalue weighted by molar-refractivity contribution is 0.0445. The summed E-state index contributed by atoms with van der Waals surface area (Å²) >= 11 is 0. The second-order valence-corrected chi connectivity index (χ2v) is 4.28. The Kier molecular flexibility index (Phi) is 4.84. The number of nitrogens with two attached hydrogens (primary N) is 1. The lowest BCUT2D eigenvalue weighted by Gasteiger charge is -2.31. The summed E-state index contributed by atoms with van der Waals surface area (Å²) in [4.78, 5) is 15.2. The largest absolute Gasteiger partial charge is 0.449 e. The number of hydrogen-bond acceptors (Lipinski definition) is 4. The highest BCUT2D eigenvalue weighted by Crippen LogP contribution is 2.10. The number of cyclic esters (lactones) is 1. The summed E-state index contributed by atoms with van der Waals surface area (Å²) in [5.74, 6) is 0.294. The van der Waals surface area contributed by atoms with Crippen molar-refractivity contribution in [2.24, 2.45) is 11.7 Å². The van der Waals surface area contributed by atoms with Crippen molar-refractivity contribution in [2.75, 3.05) is 46.9 Å². The van der Waals surface area contributed by atoms with Gasteiger partial charge in [0.1, 0.15) is 0 Å². The van der Waals surface area contributed by atoms with Gasteiger partial charge in [0, 0.05) is 25.6 Å². The summed E-state index contributed by atoms with van der Waals surface area (Å²) < 4.78 is 5.04. The number of rotatable bonds is 5. The van der Waals surface area contributed by atoms with Crippen LogP contribution in [-0.2, 0) is 4.74 Å². The molecule has 15 heavy (non-hydrogen) atoms. The maximum absolute atomic E-state index is 11.4. The van der Waals surface area contributed by atoms with E-state index in [1.165, 1.54) is 0 Å². The van der Waals surface area contributed by atoms with Crippen LogP contribution in [0.3, 0.4) is 0 Å². The van der Waals surface area contributed by atoms with E-state index in [0.717, 1.165) is 26.1 Å². The van der Waals surface area contributed by atoms with Crippen molar-refractivity contribution in [3.05, 3.63) is 0 Å². The Morgan fingerprint density at radius 1 is 1.60 bits per heavy atom. The van der Waals surface area contributed by atoms with Gasteiger partial charge in [0.25, 0.3) is 0 Å². The van der Waals surface area contributed by atoms with Gasteiger partial charge in [0.2, 0.25) is 0 Å². The van der Waals surface area contributed by atoms with Crippen LogP contribution in [0.2, 0.25) is 0 Å². The molecule has 88 valence electrons. The van der Waals surface area contributed by atoms with E-state index in [9.17, 15) is 4.79 Å². The molecule has 2 N–H and O–H groups in total. The number of carbonyl (C=O) groups is 1. The first-order valence-electron chi connectivity index (χ1n) is 5.40. The van der Waals surface area contributed by atoms with Crippen LogP contribution < -0.4 is 5.73 Å². The zero-order chi connectivity index (χ0) is 11.3. The Bertz CT molecular complexity index is 209. The monoisotopic (exact) mass is 215 g/mol. The van der Waals surface area contributed by atoms with Crippen LogP contribution in [0, 0.1) is 5.92 Å². The topological polar surface area (TPSA) is 58.8 Å². The minimum atomic E-state index is -0.196. The highest BCUT2D eigenvalue weighted by atomic mass is 16.6. The molecule has 1 heterocycles. The summed E-state index contributed by atoms with van der Waals surface area (Å²) in [5.41, 5.74) is 5.56. The van der Waals surface area contributed by atoms with E-state index in [1.807, 2.05) is 14.1 Å². The second-order valence-electron chi connectivity index (χ2n) is 4.28. The normalized spacial score (nSPS) is 22.0. The summed E-state index contributed by atoms with van der Waals surface area (Å²) in [6.07, 6.45) is 0.776. The van der Waals surface area contributed by atoms with Crippen LogP contribution in [-0.4, -0.2) is 62.8 Å². The second kappa shape index (κ2) is 5.92. The number of carbonyl (C=O) groups excluding carboxylic acids is 1. The van der Waals surface area contributed by atoms with Crippen LogP contribution in [0.4, 0.5) is 4.79 Å². The Labute approximate surface area is 91.2 Å². The summed E-state index contributed by atoms with van der Waals surface area (Å²) in [6, 6.07) is 0. The van der Waals surface area contributed by atoms with Gasteiger partial charge in [0.15, 0.2) is 0 Å². The molecule has 1 unspecified atom stereocenters. The van der Waals surface area contributed by atoms with Crippen molar-refractivity contribution >= 4 is 6.09 Å². The first kappa shape index (κ1) is 12.3. The molecule has 1 fully saturated rings. The lowest BCUT2D eigenvalue weighted by Crippen LogP contribution is -2.46. The third-order valence-corrected chi connectivity index (χ3v) is 2.55. The fraction of sp³-hybridized carbons (Fsp3) is 0.900. The minimum absolute atomic E-state index is 0.196. The molecule has 1 atom stereocenters. The first-order chi connectivity index (χ1) is 7.13. The highest BCUT2D eigenvalue weighted by Gasteiger charge is 2.25. The van der Waals surface area contributed by atoms with E-state index in [0.29, 0.717) is 19.1 Å². The molecular formula is C10H21N3O2. The molecule has 0 aromatic heterocycles. The average molecular weight is 215 g/mol. The van der Waals surface area contributed by atoms with Crippen molar-refractivity contribution in [1.29, 1.82) is 0 Å². The van der Waals surface area contributed by atoms with E-state index in [4.69, 9.17) is 10.5 Å². The molecule has 1 rings (SSSR count). The summed E-state index contributed by atoms with van der Waals surface area (Å²) in [7, 11) is 4.05. The van der Waals surface area contributed by atoms with Crippen LogP contribution in [0.1, 0.15) is 6.42 Å². The Morgan fingerprint density at radius 3 is 2.93 bits per heavy atom. The molecule has 0 radical (unpaired) electrons. The predicted octanol–water partition coefficient (Wildman–Crippen LogP) is -0.0348. The zero-order valence-corrected chi connectivity index (χ0v) is 9.61. The molecule has 1 amide bonds. The van der Waals surface area contributed by atoms with Gasteiger partial charge in [-0.2, -0.15) is 0 Å². The molecule has 0 bridgehead atoms. The third kappa shape index (κ3) is 4.05. The molecule has 5 heteroatoms. The summed E-state index contributed by atoms with van der Waals surface area (Å²) in [5, 5.41) is 0. The van der Waals surface area contributed by atoms with Gasteiger partial charge in [-0.3, -0.25) is 0 Å². The third-order valence-electron chi connectivity index (χ3n) is 2.55. The Hall–Kier alpha value is -0.810. The van der Waals surface area contributed by atoms with Crippen molar-refractivity contribution in [3.63, 3.8) is 0 Å². The number of ether oxygens (including phenoxy) is 1. The number of nitrogens with zero attached hydrogens (tertiary/aromatic N) is 2. The van der Waals surface area contributed by atoms with E-state index in [1.54, 1.807) is 4.90 Å². The fourth-order valence-electron chi connectivity index (χ4n) is 1.62. The molecule has 5 nitrogen and oxygen atoms in total. The van der Waals surface area contributed by atoms with Crippen LogP contribution in [0.25, 0.3) is 0 Å². The van der Waals surface area contributed by atoms with Gasteiger partial charge in [-0.15, -0.1) is 0 Å². The molecule has 1 aliphatic rings. The average Bonchev–Trinajstić information content (AvgIpc) is 2.20. The van der Waals surface area contributed by atoms with E-state index >= 15 is 0 Å². The van der Waals surface area contributed by atoms with Crippen molar-refractivity contribution in [2.45, 2.75) is 6.42 Å². The molecule has 1 saturated heterocycles. The maximum atomic E-state index is 11.4. The van der Waals surface area contributed by atoms with Crippen LogP contribution in [0.15, 0.2) is 0 Å². The molecule has 0 spiro atoms. The van der Waals surface area contributed by atoms with Gasteiger partial charge >= 0.3 is 6.09 Å². The summed E-state index contributed by atoms with van der Waals surface area (Å²) in [6.45, 7) is 3.53. The van der Waals surface area contributed by atoms with E-state index in [2.05, 4.69) is 4.90 Å². The smallest absolute Gasteiger partial charge is 0.409 e. The molecule has 1 aliphatic heterocycles. The molecule has 0 aromatic carbocycles. The van der Waals surface area contributed by atoms with Crippen molar-refractivity contribution < 1.29 is 9.53 Å². The van der Waals surface area contributed by atoms with Crippen molar-refractivity contribution in [1.82, 2.24) is 9.80 Å². The molecular weight excluding hydrogens is 194 g/mol. The quantitative estimate of drug-likeness (QED) is 0.699. The van der Waals surface area contributed by atoms with Gasteiger partial charge in [0.05, 0.1) is 6.61 Å².